The molecule has 0 aliphatic heterocycles. The Morgan fingerprint density at radius 3 is 2.52 bits per heavy atom. The summed E-state index contributed by atoms with van der Waals surface area (Å²) in [6.07, 6.45) is 8.60. The number of hydrogen-bond donors (Lipinski definition) is 1. The summed E-state index contributed by atoms with van der Waals surface area (Å²) in [5.74, 6) is 0.104. The second-order valence-corrected chi connectivity index (χ2v) is 7.17. The van der Waals surface area contributed by atoms with Crippen LogP contribution in [-0.4, -0.2) is 16.7 Å². The molecule has 0 radical (unpaired) electrons. The first-order chi connectivity index (χ1) is 11.0. The molecule has 4 heteroatoms. The summed E-state index contributed by atoms with van der Waals surface area (Å²) in [6.45, 7) is 0. The van der Waals surface area contributed by atoms with Gasteiger partial charge in [-0.2, -0.15) is 5.26 Å². The molecule has 23 heavy (non-hydrogen) atoms. The quantitative estimate of drug-likeness (QED) is 0.850. The standard InChI is InChI=1S/C19H23NO3/c20-14-15-3-1-4-16(13-15)23-19-10-7-18(8-11-19,9-12-19)6-2-5-17(21)22/h1,3-4,13H,2,5-12H2,(H,21,22). The van der Waals surface area contributed by atoms with E-state index in [0.29, 0.717) is 11.0 Å². The molecular weight excluding hydrogens is 290 g/mol. The smallest absolute Gasteiger partial charge is 0.303 e. The highest BCUT2D eigenvalue weighted by Crippen LogP contribution is 2.56. The molecule has 0 spiro atoms. The molecule has 0 amide bonds. The molecule has 1 aromatic carbocycles. The topological polar surface area (TPSA) is 70.3 Å². The normalized spacial score (nSPS) is 29.0. The van der Waals surface area contributed by atoms with Crippen LogP contribution in [0.25, 0.3) is 0 Å². The Morgan fingerprint density at radius 1 is 1.22 bits per heavy atom. The molecule has 122 valence electrons. The van der Waals surface area contributed by atoms with E-state index < -0.39 is 5.97 Å². The molecule has 3 aliphatic carbocycles. The molecule has 0 atom stereocenters. The van der Waals surface area contributed by atoms with E-state index in [1.54, 1.807) is 6.07 Å². The minimum atomic E-state index is -0.692. The van der Waals surface area contributed by atoms with Crippen LogP contribution < -0.4 is 4.74 Å². The Kier molecular flexibility index (Phi) is 4.30. The van der Waals surface area contributed by atoms with Gasteiger partial charge in [0.05, 0.1) is 11.6 Å². The lowest BCUT2D eigenvalue weighted by Crippen LogP contribution is -2.49. The summed E-state index contributed by atoms with van der Waals surface area (Å²) in [7, 11) is 0. The number of carboxylic acids is 1. The molecule has 3 saturated carbocycles. The first kappa shape index (κ1) is 15.9. The number of aliphatic carboxylic acids is 1. The SMILES string of the molecule is N#Cc1cccc(OC23CCC(CCCC(=O)O)(CC2)CC3)c1. The van der Waals surface area contributed by atoms with Crippen molar-refractivity contribution in [2.45, 2.75) is 63.4 Å². The third-order valence-electron chi connectivity index (χ3n) is 5.73. The first-order valence-electron chi connectivity index (χ1n) is 8.46. The van der Waals surface area contributed by atoms with E-state index in [1.807, 2.05) is 18.2 Å². The lowest BCUT2D eigenvalue weighted by Gasteiger charge is -2.53. The Hall–Kier alpha value is -2.02. The summed E-state index contributed by atoms with van der Waals surface area (Å²) in [4.78, 5) is 10.7. The van der Waals surface area contributed by atoms with Crippen LogP contribution in [0.3, 0.4) is 0 Å². The van der Waals surface area contributed by atoms with Gasteiger partial charge >= 0.3 is 5.97 Å². The van der Waals surface area contributed by atoms with Gasteiger partial charge in [0.1, 0.15) is 11.4 Å². The molecule has 0 saturated heterocycles. The van der Waals surface area contributed by atoms with Gasteiger partial charge in [0, 0.05) is 6.42 Å². The van der Waals surface area contributed by atoms with Crippen molar-refractivity contribution >= 4 is 5.97 Å². The van der Waals surface area contributed by atoms with Crippen molar-refractivity contribution < 1.29 is 14.6 Å². The average Bonchev–Trinajstić information content (AvgIpc) is 2.56. The number of rotatable bonds is 6. The minimum Gasteiger partial charge on any atom is -0.487 e. The second-order valence-electron chi connectivity index (χ2n) is 7.17. The van der Waals surface area contributed by atoms with Gasteiger partial charge in [-0.05, 0) is 75.0 Å². The zero-order valence-electron chi connectivity index (χ0n) is 13.4. The van der Waals surface area contributed by atoms with Gasteiger partial charge < -0.3 is 9.84 Å². The van der Waals surface area contributed by atoms with Crippen molar-refractivity contribution in [3.8, 4) is 11.8 Å². The van der Waals surface area contributed by atoms with Gasteiger partial charge in [0.15, 0.2) is 0 Å². The van der Waals surface area contributed by atoms with Gasteiger partial charge in [0.25, 0.3) is 0 Å². The van der Waals surface area contributed by atoms with Crippen LogP contribution in [0.1, 0.15) is 63.4 Å². The van der Waals surface area contributed by atoms with E-state index in [2.05, 4.69) is 6.07 Å². The minimum absolute atomic E-state index is 0.0807. The first-order valence-corrected chi connectivity index (χ1v) is 8.46. The maximum atomic E-state index is 10.7. The van der Waals surface area contributed by atoms with Crippen molar-refractivity contribution in [1.29, 1.82) is 5.26 Å². The zero-order chi connectivity index (χ0) is 16.3. The number of benzene rings is 1. The van der Waals surface area contributed by atoms with Gasteiger partial charge in [-0.1, -0.05) is 6.07 Å². The Labute approximate surface area is 137 Å². The lowest BCUT2D eigenvalue weighted by atomic mass is 9.57. The largest absolute Gasteiger partial charge is 0.487 e. The average molecular weight is 313 g/mol. The summed E-state index contributed by atoms with van der Waals surface area (Å²) < 4.78 is 6.31. The van der Waals surface area contributed by atoms with Crippen LogP contribution >= 0.6 is 0 Å². The van der Waals surface area contributed by atoms with Gasteiger partial charge in [-0.3, -0.25) is 4.79 Å². The van der Waals surface area contributed by atoms with Crippen LogP contribution in [0.15, 0.2) is 24.3 Å². The maximum Gasteiger partial charge on any atom is 0.303 e. The van der Waals surface area contributed by atoms with Crippen LogP contribution in [-0.2, 0) is 4.79 Å². The lowest BCUT2D eigenvalue weighted by molar-refractivity contribution is -0.137. The predicted octanol–water partition coefficient (Wildman–Crippen LogP) is 4.28. The van der Waals surface area contributed by atoms with Crippen molar-refractivity contribution in [2.24, 2.45) is 5.41 Å². The summed E-state index contributed by atoms with van der Waals surface area (Å²) in [6, 6.07) is 9.56. The number of carbonyl (C=O) groups is 1. The van der Waals surface area contributed by atoms with Crippen LogP contribution in [0.4, 0.5) is 0 Å². The molecule has 1 N–H and O–H groups in total. The van der Waals surface area contributed by atoms with Gasteiger partial charge in [-0.15, -0.1) is 0 Å². The summed E-state index contributed by atoms with van der Waals surface area (Å²) >= 11 is 0. The van der Waals surface area contributed by atoms with E-state index in [9.17, 15) is 4.79 Å². The van der Waals surface area contributed by atoms with Gasteiger partial charge in [0.2, 0.25) is 0 Å². The summed E-state index contributed by atoms with van der Waals surface area (Å²) in [5, 5.41) is 17.8. The molecule has 4 nitrogen and oxygen atoms in total. The second kappa shape index (κ2) is 6.23. The third kappa shape index (κ3) is 3.50. The number of carboxylic acid groups (broad SMARTS) is 1. The molecule has 0 unspecified atom stereocenters. The number of fused-ring (bicyclic) bond motifs is 3. The fourth-order valence-corrected chi connectivity index (χ4v) is 4.25. The predicted molar refractivity (Wildman–Crippen MR) is 86.1 cm³/mol. The zero-order valence-corrected chi connectivity index (χ0v) is 13.4. The van der Waals surface area contributed by atoms with E-state index >= 15 is 0 Å². The highest BCUT2D eigenvalue weighted by Gasteiger charge is 2.49. The van der Waals surface area contributed by atoms with Crippen molar-refractivity contribution in [3.05, 3.63) is 29.8 Å². The number of nitriles is 1. The fourth-order valence-electron chi connectivity index (χ4n) is 4.25. The van der Waals surface area contributed by atoms with Crippen LogP contribution in [0, 0.1) is 16.7 Å². The molecule has 0 heterocycles. The monoisotopic (exact) mass is 313 g/mol. The molecule has 3 fully saturated rings. The molecule has 1 aromatic rings. The fraction of sp³-hybridized carbons (Fsp3) is 0.579. The van der Waals surface area contributed by atoms with Crippen molar-refractivity contribution in [1.82, 2.24) is 0 Å². The Balaban J connectivity index is 1.60. The van der Waals surface area contributed by atoms with Crippen LogP contribution in [0.5, 0.6) is 5.75 Å². The Bertz CT molecular complexity index is 607. The molecule has 3 aliphatic rings. The van der Waals surface area contributed by atoms with Gasteiger partial charge in [-0.25, -0.2) is 0 Å². The van der Waals surface area contributed by atoms with E-state index in [4.69, 9.17) is 15.1 Å². The number of ether oxygens (including phenoxy) is 1. The number of nitrogens with zero attached hydrogens (tertiary/aromatic N) is 1. The highest BCUT2D eigenvalue weighted by atomic mass is 16.5. The highest BCUT2D eigenvalue weighted by molar-refractivity contribution is 5.66. The third-order valence-corrected chi connectivity index (χ3v) is 5.73. The van der Waals surface area contributed by atoms with Crippen LogP contribution in [0.2, 0.25) is 0 Å². The summed E-state index contributed by atoms with van der Waals surface area (Å²) in [5.41, 5.74) is 0.895. The maximum absolute atomic E-state index is 10.7. The van der Waals surface area contributed by atoms with E-state index in [1.165, 1.54) is 0 Å². The molecular formula is C19H23NO3. The number of hydrogen-bond acceptors (Lipinski definition) is 3. The molecule has 2 bridgehead atoms. The van der Waals surface area contributed by atoms with Crippen molar-refractivity contribution in [2.75, 3.05) is 0 Å². The molecule has 4 rings (SSSR count). The Morgan fingerprint density at radius 2 is 1.91 bits per heavy atom. The van der Waals surface area contributed by atoms with Crippen molar-refractivity contribution in [3.63, 3.8) is 0 Å². The van der Waals surface area contributed by atoms with E-state index in [-0.39, 0.29) is 12.0 Å². The van der Waals surface area contributed by atoms with E-state index in [0.717, 1.165) is 57.1 Å². The molecule has 0 aromatic heterocycles.